The topological polar surface area (TPSA) is 176 Å². The number of rotatable bonds is 4. The van der Waals surface area contributed by atoms with Gasteiger partial charge in [-0.3, -0.25) is 40.5 Å². The number of fused-ring (bicyclic) bond motifs is 3. The van der Waals surface area contributed by atoms with Crippen LogP contribution in [0.2, 0.25) is 0 Å². The van der Waals surface area contributed by atoms with E-state index in [0.29, 0.717) is 24.2 Å². The van der Waals surface area contributed by atoms with Gasteiger partial charge in [0, 0.05) is 48.1 Å². The van der Waals surface area contributed by atoms with Gasteiger partial charge < -0.3 is 4.90 Å². The fourth-order valence-corrected chi connectivity index (χ4v) is 4.22. The summed E-state index contributed by atoms with van der Waals surface area (Å²) in [7, 11) is 1.75. The summed E-state index contributed by atoms with van der Waals surface area (Å²) in [6.07, 6.45) is 1.24. The van der Waals surface area contributed by atoms with Crippen LogP contribution in [0.5, 0.6) is 0 Å². The molecule has 1 aliphatic carbocycles. The van der Waals surface area contributed by atoms with Crippen LogP contribution in [0.3, 0.4) is 0 Å². The zero-order valence-corrected chi connectivity index (χ0v) is 15.9. The highest BCUT2D eigenvalue weighted by Crippen LogP contribution is 2.56. The molecule has 0 atom stereocenters. The Morgan fingerprint density at radius 1 is 0.742 bits per heavy atom. The first kappa shape index (κ1) is 19.9. The highest BCUT2D eigenvalue weighted by Gasteiger charge is 2.42. The van der Waals surface area contributed by atoms with Crippen LogP contribution in [0.1, 0.15) is 24.0 Å². The average Bonchev–Trinajstić information content (AvgIpc) is 3.26. The summed E-state index contributed by atoms with van der Waals surface area (Å²) in [6, 6.07) is 3.76. The number of nitro groups is 4. The molecule has 158 valence electrons. The molecule has 0 unspecified atom stereocenters. The van der Waals surface area contributed by atoms with E-state index in [4.69, 9.17) is 0 Å². The van der Waals surface area contributed by atoms with E-state index in [1.165, 1.54) is 0 Å². The van der Waals surface area contributed by atoms with Gasteiger partial charge in [-0.15, -0.1) is 0 Å². The van der Waals surface area contributed by atoms with E-state index in [0.717, 1.165) is 30.7 Å². The first-order valence-electron chi connectivity index (χ1n) is 9.01. The Kier molecular flexibility index (Phi) is 4.38. The van der Waals surface area contributed by atoms with Crippen molar-refractivity contribution in [3.8, 4) is 11.1 Å². The molecule has 13 heteroatoms. The molecule has 0 amide bonds. The van der Waals surface area contributed by atoms with Crippen molar-refractivity contribution in [2.75, 3.05) is 13.6 Å². The number of benzene rings is 2. The van der Waals surface area contributed by atoms with Gasteiger partial charge in [0.25, 0.3) is 22.7 Å². The lowest BCUT2D eigenvalue weighted by atomic mass is 9.99. The fourth-order valence-electron chi connectivity index (χ4n) is 4.22. The van der Waals surface area contributed by atoms with Crippen LogP contribution < -0.4 is 0 Å². The van der Waals surface area contributed by atoms with Crippen LogP contribution in [-0.4, -0.2) is 38.2 Å². The Labute approximate surface area is 172 Å². The van der Waals surface area contributed by atoms with Crippen molar-refractivity contribution in [1.29, 1.82) is 0 Å². The van der Waals surface area contributed by atoms with E-state index in [1.807, 2.05) is 4.90 Å². The number of nitro benzene ring substituents is 4. The van der Waals surface area contributed by atoms with E-state index in [2.05, 4.69) is 0 Å². The second-order valence-corrected chi connectivity index (χ2v) is 7.15. The number of hydrogen-bond donors (Lipinski definition) is 0. The third kappa shape index (κ3) is 2.94. The molecule has 0 spiro atoms. The number of likely N-dealkylation sites (tertiary alicyclic amines) is 1. The lowest BCUT2D eigenvalue weighted by molar-refractivity contribution is -0.395. The van der Waals surface area contributed by atoms with E-state index < -0.39 is 42.4 Å². The number of non-ortho nitro benzene ring substituents is 2. The maximum Gasteiger partial charge on any atom is 0.284 e. The van der Waals surface area contributed by atoms with Crippen molar-refractivity contribution in [1.82, 2.24) is 4.90 Å². The molecule has 0 radical (unpaired) electrons. The molecule has 2 aromatic rings. The van der Waals surface area contributed by atoms with Gasteiger partial charge in [0.05, 0.1) is 43.0 Å². The van der Waals surface area contributed by atoms with Crippen LogP contribution in [-0.2, 0) is 0 Å². The summed E-state index contributed by atoms with van der Waals surface area (Å²) in [5.74, 6) is 0. The van der Waals surface area contributed by atoms with Gasteiger partial charge in [0.15, 0.2) is 0 Å². The summed E-state index contributed by atoms with van der Waals surface area (Å²) in [5, 5.41) is 46.4. The first-order valence-corrected chi connectivity index (χ1v) is 9.01. The number of nitrogens with zero attached hydrogens (tertiary/aromatic N) is 5. The zero-order chi connectivity index (χ0) is 22.6. The molecule has 0 N–H and O–H groups in total. The number of allylic oxidation sites excluding steroid dienone is 1. The predicted molar refractivity (Wildman–Crippen MR) is 106 cm³/mol. The van der Waals surface area contributed by atoms with Gasteiger partial charge in [-0.1, -0.05) is 0 Å². The second-order valence-electron chi connectivity index (χ2n) is 7.15. The fraction of sp³-hybridized carbons (Fsp3) is 0.222. The largest absolute Gasteiger partial charge is 0.377 e. The van der Waals surface area contributed by atoms with Gasteiger partial charge in [-0.25, -0.2) is 0 Å². The Morgan fingerprint density at radius 2 is 1.19 bits per heavy atom. The zero-order valence-electron chi connectivity index (χ0n) is 15.9. The smallest absolute Gasteiger partial charge is 0.284 e. The Balaban J connectivity index is 2.23. The molecule has 0 bridgehead atoms. The van der Waals surface area contributed by atoms with Gasteiger partial charge in [-0.2, -0.15) is 0 Å². The van der Waals surface area contributed by atoms with Crippen molar-refractivity contribution < 1.29 is 19.7 Å². The van der Waals surface area contributed by atoms with Crippen LogP contribution in [0.15, 0.2) is 30.0 Å². The van der Waals surface area contributed by atoms with Crippen molar-refractivity contribution in [3.63, 3.8) is 0 Å². The Hall–Kier alpha value is -4.42. The molecule has 1 fully saturated rings. The molecule has 2 aromatic carbocycles. The van der Waals surface area contributed by atoms with E-state index in [-0.39, 0.29) is 22.3 Å². The van der Waals surface area contributed by atoms with Crippen molar-refractivity contribution >= 4 is 28.3 Å². The maximum atomic E-state index is 11.8. The summed E-state index contributed by atoms with van der Waals surface area (Å²) in [6.45, 7) is 0.636. The SMILES string of the molecule is CN1CCCC1=C1c2cc([N+](=O)[O-])cc([N+](=O)[O-])c2-c2c1cc([N+](=O)[O-])cc2[N+](=O)[O-]. The predicted octanol–water partition coefficient (Wildman–Crippen LogP) is 3.78. The highest BCUT2D eigenvalue weighted by molar-refractivity contribution is 6.09. The molecule has 4 rings (SSSR count). The lowest BCUT2D eigenvalue weighted by Crippen LogP contribution is -2.12. The molecular formula is C18H13N5O8. The van der Waals surface area contributed by atoms with E-state index >= 15 is 0 Å². The van der Waals surface area contributed by atoms with Crippen LogP contribution in [0, 0.1) is 40.5 Å². The third-order valence-corrected chi connectivity index (χ3v) is 5.46. The maximum absolute atomic E-state index is 11.8. The molecule has 2 aliphatic rings. The van der Waals surface area contributed by atoms with Gasteiger partial charge in [0.1, 0.15) is 0 Å². The quantitative estimate of drug-likeness (QED) is 0.443. The molecule has 0 saturated carbocycles. The summed E-state index contributed by atoms with van der Waals surface area (Å²) in [4.78, 5) is 45.0. The molecule has 0 aromatic heterocycles. The minimum Gasteiger partial charge on any atom is -0.377 e. The third-order valence-electron chi connectivity index (χ3n) is 5.46. The van der Waals surface area contributed by atoms with Crippen molar-refractivity contribution in [2.45, 2.75) is 12.8 Å². The van der Waals surface area contributed by atoms with Crippen LogP contribution >= 0.6 is 0 Å². The molecule has 13 nitrogen and oxygen atoms in total. The lowest BCUT2D eigenvalue weighted by Gasteiger charge is -2.17. The standard InChI is InChI=1S/C18H13N5O8/c1-19-4-2-3-13(19)16-11-5-9(20(24)25)7-14(22(28)29)17(11)18-12(16)6-10(21(26)27)8-15(18)23(30)31/h5-8H,2-4H2,1H3. The first-order chi connectivity index (χ1) is 14.6. The minimum absolute atomic E-state index is 0.0863. The highest BCUT2D eigenvalue weighted by atomic mass is 16.6. The van der Waals surface area contributed by atoms with Gasteiger partial charge in [-0.05, 0) is 12.8 Å². The molecule has 1 heterocycles. The van der Waals surface area contributed by atoms with Crippen LogP contribution in [0.4, 0.5) is 22.7 Å². The van der Waals surface area contributed by atoms with E-state index in [1.54, 1.807) is 7.05 Å². The van der Waals surface area contributed by atoms with Crippen LogP contribution in [0.25, 0.3) is 16.7 Å². The summed E-state index contributed by atoms with van der Waals surface area (Å²) >= 11 is 0. The van der Waals surface area contributed by atoms with Crippen molar-refractivity contribution in [3.05, 3.63) is 81.5 Å². The minimum atomic E-state index is -0.841. The number of hydrogen-bond acceptors (Lipinski definition) is 9. The molecule has 31 heavy (non-hydrogen) atoms. The Bertz CT molecular complexity index is 1170. The molecule has 1 saturated heterocycles. The second kappa shape index (κ2) is 6.83. The summed E-state index contributed by atoms with van der Waals surface area (Å²) < 4.78 is 0. The molecular weight excluding hydrogens is 414 g/mol. The van der Waals surface area contributed by atoms with Crippen molar-refractivity contribution in [2.24, 2.45) is 0 Å². The normalized spacial score (nSPS) is 14.4. The van der Waals surface area contributed by atoms with Gasteiger partial charge in [0.2, 0.25) is 0 Å². The van der Waals surface area contributed by atoms with Gasteiger partial charge >= 0.3 is 0 Å². The molecule has 1 aliphatic heterocycles. The summed E-state index contributed by atoms with van der Waals surface area (Å²) in [5.41, 5.74) is -1.58. The van der Waals surface area contributed by atoms with E-state index in [9.17, 15) is 40.5 Å². The monoisotopic (exact) mass is 427 g/mol. The average molecular weight is 427 g/mol. The Morgan fingerprint density at radius 3 is 1.52 bits per heavy atom.